The van der Waals surface area contributed by atoms with Crippen molar-refractivity contribution in [2.75, 3.05) is 27.2 Å². The first-order valence-electron chi connectivity index (χ1n) is 5.01. The number of likely N-dealkylation sites (N-methyl/N-ethyl adjacent to an activating group) is 1. The van der Waals surface area contributed by atoms with Crippen LogP contribution < -0.4 is 34.7 Å². The van der Waals surface area contributed by atoms with Crippen LogP contribution in [-0.4, -0.2) is 93.4 Å². The van der Waals surface area contributed by atoms with Gasteiger partial charge in [0.25, 0.3) is 0 Å². The summed E-state index contributed by atoms with van der Waals surface area (Å²) in [6.45, 7) is -0.497. The molecule has 110 valence electrons. The zero-order chi connectivity index (χ0) is 14.9. The minimum atomic E-state index is -2.08. The van der Waals surface area contributed by atoms with Crippen molar-refractivity contribution in [3.63, 3.8) is 0 Å². The molecule has 6 N–H and O–H groups in total. The molecule has 0 spiro atoms. The molecule has 0 rings (SSSR count). The van der Waals surface area contributed by atoms with E-state index in [0.717, 1.165) is 0 Å². The third-order valence-corrected chi connectivity index (χ3v) is 1.88. The monoisotopic (exact) mass is 293 g/mol. The molecule has 0 saturated carbocycles. The number of carboxylic acid groups (broad SMARTS) is 2. The fourth-order valence-electron chi connectivity index (χ4n) is 1.05. The van der Waals surface area contributed by atoms with Crippen molar-refractivity contribution in [3.05, 3.63) is 0 Å². The second kappa shape index (κ2) is 13.0. The molecular formula is C9H20NNaO8. The van der Waals surface area contributed by atoms with Gasteiger partial charge in [0.15, 0.2) is 0 Å². The smallest absolute Gasteiger partial charge is 0.565 e. The molecule has 0 bridgehead atoms. The molecule has 0 aromatic carbocycles. The third kappa shape index (κ3) is 14.3. The average Bonchev–Trinajstić information content (AvgIpc) is 2.24. The number of carbonyl (C=O) groups is 1. The van der Waals surface area contributed by atoms with Crippen LogP contribution in [-0.2, 0) is 0 Å². The molecule has 0 fully saturated rings. The van der Waals surface area contributed by atoms with Crippen LogP contribution in [0.5, 0.6) is 0 Å². The molecule has 10 heteroatoms. The largest absolute Gasteiger partial charge is 1.00 e. The van der Waals surface area contributed by atoms with E-state index in [1.165, 1.54) is 0 Å². The third-order valence-electron chi connectivity index (χ3n) is 1.88. The second-order valence-electron chi connectivity index (χ2n) is 3.83. The molecule has 0 unspecified atom stereocenters. The SMILES string of the molecule is CN(C)C[C@H](O)[C@@H](O)[C@H](O)[C@H](O)CO.O=C([O-])O.[Na+]. The second-order valence-corrected chi connectivity index (χ2v) is 3.83. The molecular weight excluding hydrogens is 273 g/mol. The van der Waals surface area contributed by atoms with Crippen molar-refractivity contribution in [2.24, 2.45) is 0 Å². The molecule has 0 saturated heterocycles. The van der Waals surface area contributed by atoms with Gasteiger partial charge in [0.05, 0.1) is 12.7 Å². The zero-order valence-electron chi connectivity index (χ0n) is 11.2. The molecule has 0 aliphatic rings. The van der Waals surface area contributed by atoms with Crippen molar-refractivity contribution < 1.29 is 70.1 Å². The molecule has 0 aromatic heterocycles. The topological polar surface area (TPSA) is 165 Å². The van der Waals surface area contributed by atoms with Crippen LogP contribution in [0.25, 0.3) is 0 Å². The molecule has 0 aliphatic carbocycles. The van der Waals surface area contributed by atoms with Crippen LogP contribution in [0.4, 0.5) is 4.79 Å². The van der Waals surface area contributed by atoms with Crippen molar-refractivity contribution in [1.29, 1.82) is 0 Å². The molecule has 0 amide bonds. The maximum atomic E-state index is 9.36. The summed E-state index contributed by atoms with van der Waals surface area (Å²) < 4.78 is 0. The summed E-state index contributed by atoms with van der Waals surface area (Å²) in [6.07, 6.45) is -7.71. The van der Waals surface area contributed by atoms with Crippen LogP contribution in [0.15, 0.2) is 0 Å². The molecule has 0 radical (unpaired) electrons. The van der Waals surface area contributed by atoms with E-state index < -0.39 is 37.2 Å². The van der Waals surface area contributed by atoms with Crippen LogP contribution >= 0.6 is 0 Å². The Kier molecular flexibility index (Phi) is 16.5. The quantitative estimate of drug-likeness (QED) is 0.261. The van der Waals surface area contributed by atoms with E-state index in [9.17, 15) is 15.3 Å². The van der Waals surface area contributed by atoms with E-state index in [1.54, 1.807) is 19.0 Å². The minimum Gasteiger partial charge on any atom is -0.565 e. The summed E-state index contributed by atoms with van der Waals surface area (Å²) in [6, 6.07) is 0. The maximum absolute atomic E-state index is 9.36. The summed E-state index contributed by atoms with van der Waals surface area (Å²) in [7, 11) is 3.40. The molecule has 9 nitrogen and oxygen atoms in total. The standard InChI is InChI=1S/C8H19NO5.CH2O3.Na/c1-9(2)3-5(11)7(13)8(14)6(12)4-10;2-1(3)4;/h5-8,10-14H,3-4H2,1-2H3;(H2,2,3,4);/q;;+1/p-1/t5-,6+,7+,8+;;/m0../s1. The Morgan fingerprint density at radius 2 is 1.42 bits per heavy atom. The summed E-state index contributed by atoms with van der Waals surface area (Å²) in [5.74, 6) is 0. The van der Waals surface area contributed by atoms with Crippen molar-refractivity contribution in [1.82, 2.24) is 4.90 Å². The van der Waals surface area contributed by atoms with Gasteiger partial charge in [-0.25, -0.2) is 0 Å². The van der Waals surface area contributed by atoms with E-state index in [0.29, 0.717) is 0 Å². The number of aliphatic hydroxyl groups is 5. The summed E-state index contributed by atoms with van der Waals surface area (Å²) in [4.78, 5) is 10.1. The number of hydrogen-bond acceptors (Lipinski definition) is 8. The summed E-state index contributed by atoms with van der Waals surface area (Å²) in [5, 5.41) is 60.7. The predicted molar refractivity (Wildman–Crippen MR) is 57.7 cm³/mol. The van der Waals surface area contributed by atoms with Crippen molar-refractivity contribution in [3.8, 4) is 0 Å². The fourth-order valence-corrected chi connectivity index (χ4v) is 1.05. The van der Waals surface area contributed by atoms with Gasteiger partial charge in [-0.2, -0.15) is 0 Å². The summed E-state index contributed by atoms with van der Waals surface area (Å²) in [5.41, 5.74) is 0. The van der Waals surface area contributed by atoms with Gasteiger partial charge in [0.1, 0.15) is 18.3 Å². The number of nitrogens with zero attached hydrogens (tertiary/aromatic N) is 1. The van der Waals surface area contributed by atoms with Gasteiger partial charge in [-0.05, 0) is 14.1 Å². The zero-order valence-corrected chi connectivity index (χ0v) is 13.2. The maximum Gasteiger partial charge on any atom is 1.00 e. The first-order valence-corrected chi connectivity index (χ1v) is 5.01. The number of aliphatic hydroxyl groups excluding tert-OH is 5. The molecule has 0 aromatic rings. The normalized spacial score (nSPS) is 16.4. The average molecular weight is 293 g/mol. The number of rotatable bonds is 6. The van der Waals surface area contributed by atoms with Crippen LogP contribution in [0.1, 0.15) is 0 Å². The van der Waals surface area contributed by atoms with Gasteiger partial charge in [0, 0.05) is 6.54 Å². The van der Waals surface area contributed by atoms with Gasteiger partial charge in [-0.3, -0.25) is 0 Å². The van der Waals surface area contributed by atoms with Gasteiger partial charge in [-0.15, -0.1) is 0 Å². The Morgan fingerprint density at radius 1 is 1.11 bits per heavy atom. The Balaban J connectivity index is -0.000000448. The van der Waals surface area contributed by atoms with E-state index in [1.807, 2.05) is 0 Å². The Labute approximate surface area is 133 Å². The van der Waals surface area contributed by atoms with Gasteiger partial charge in [-0.1, -0.05) is 0 Å². The predicted octanol–water partition coefficient (Wildman–Crippen LogP) is -7.12. The molecule has 19 heavy (non-hydrogen) atoms. The molecule has 0 aliphatic heterocycles. The fraction of sp³-hybridized carbons (Fsp3) is 0.889. The molecule has 0 heterocycles. The Morgan fingerprint density at radius 3 is 1.68 bits per heavy atom. The first-order chi connectivity index (χ1) is 8.13. The van der Waals surface area contributed by atoms with Gasteiger partial charge >= 0.3 is 29.6 Å². The van der Waals surface area contributed by atoms with Gasteiger partial charge in [0.2, 0.25) is 6.16 Å². The van der Waals surface area contributed by atoms with Crippen LogP contribution in [0.3, 0.4) is 0 Å². The van der Waals surface area contributed by atoms with E-state index in [2.05, 4.69) is 0 Å². The Bertz CT molecular complexity index is 226. The minimum absolute atomic E-state index is 0. The van der Waals surface area contributed by atoms with E-state index in [4.69, 9.17) is 25.2 Å². The van der Waals surface area contributed by atoms with Crippen molar-refractivity contribution >= 4 is 6.16 Å². The van der Waals surface area contributed by atoms with Crippen LogP contribution in [0.2, 0.25) is 0 Å². The van der Waals surface area contributed by atoms with E-state index >= 15 is 0 Å². The van der Waals surface area contributed by atoms with Crippen molar-refractivity contribution in [2.45, 2.75) is 24.4 Å². The van der Waals surface area contributed by atoms with E-state index in [-0.39, 0.29) is 36.1 Å². The summed E-state index contributed by atoms with van der Waals surface area (Å²) >= 11 is 0. The van der Waals surface area contributed by atoms with Gasteiger partial charge < -0.3 is 45.4 Å². The number of hydrogen-bond donors (Lipinski definition) is 6. The Hall–Kier alpha value is 0.0300. The molecule has 4 atom stereocenters. The van der Waals surface area contributed by atoms with Crippen LogP contribution in [0, 0.1) is 0 Å². The first kappa shape index (κ1) is 24.1.